The van der Waals surface area contributed by atoms with Gasteiger partial charge in [0.1, 0.15) is 5.82 Å². The highest BCUT2D eigenvalue weighted by molar-refractivity contribution is 6.22. The second-order valence-corrected chi connectivity index (χ2v) is 7.18. The van der Waals surface area contributed by atoms with E-state index in [1.165, 1.54) is 35.2 Å². The molecule has 2 aromatic rings. The fraction of sp³-hybridized carbons (Fsp3) is 0.227. The molecular weight excluding hydrogens is 359 g/mol. The van der Waals surface area contributed by atoms with Gasteiger partial charge in [0.15, 0.2) is 0 Å². The van der Waals surface area contributed by atoms with Gasteiger partial charge in [0.2, 0.25) is 11.8 Å². The third-order valence-corrected chi connectivity index (χ3v) is 5.34. The lowest BCUT2D eigenvalue weighted by Crippen LogP contribution is -2.31. The Morgan fingerprint density at radius 2 is 1.86 bits per heavy atom. The second kappa shape index (κ2) is 7.03. The molecule has 0 saturated carbocycles. The number of carbonyl (C=O) groups is 3. The maximum Gasteiger partial charge on any atom is 0.255 e. The number of imide groups is 1. The van der Waals surface area contributed by atoms with Crippen molar-refractivity contribution in [3.63, 3.8) is 0 Å². The summed E-state index contributed by atoms with van der Waals surface area (Å²) in [4.78, 5) is 39.5. The minimum atomic E-state index is -0.403. The van der Waals surface area contributed by atoms with E-state index in [0.29, 0.717) is 23.4 Å². The summed E-state index contributed by atoms with van der Waals surface area (Å²) >= 11 is 0. The number of amides is 3. The molecule has 4 rings (SSSR count). The van der Waals surface area contributed by atoms with Crippen molar-refractivity contribution in [1.82, 2.24) is 0 Å². The van der Waals surface area contributed by atoms with Crippen molar-refractivity contribution in [3.8, 4) is 0 Å². The van der Waals surface area contributed by atoms with Gasteiger partial charge in [0, 0.05) is 11.3 Å². The van der Waals surface area contributed by atoms with Gasteiger partial charge in [-0.2, -0.15) is 0 Å². The van der Waals surface area contributed by atoms with Crippen LogP contribution >= 0.6 is 0 Å². The van der Waals surface area contributed by atoms with Gasteiger partial charge in [0.25, 0.3) is 5.91 Å². The average molecular weight is 378 g/mol. The van der Waals surface area contributed by atoms with Crippen LogP contribution in [0.15, 0.2) is 60.7 Å². The number of allylic oxidation sites excluding steroid dienone is 2. The molecule has 1 N–H and O–H groups in total. The van der Waals surface area contributed by atoms with E-state index < -0.39 is 11.7 Å². The van der Waals surface area contributed by atoms with E-state index in [2.05, 4.69) is 5.32 Å². The fourth-order valence-electron chi connectivity index (χ4n) is 3.92. The minimum absolute atomic E-state index is 0.00478. The topological polar surface area (TPSA) is 66.5 Å². The predicted octanol–water partition coefficient (Wildman–Crippen LogP) is 3.78. The zero-order valence-electron chi connectivity index (χ0n) is 15.3. The van der Waals surface area contributed by atoms with Gasteiger partial charge in [-0.05, 0) is 54.8 Å². The van der Waals surface area contributed by atoms with Gasteiger partial charge in [0.05, 0.1) is 17.5 Å². The molecule has 1 aliphatic heterocycles. The summed E-state index contributed by atoms with van der Waals surface area (Å²) in [6.07, 6.45) is 4.48. The van der Waals surface area contributed by atoms with Crippen LogP contribution in [0.4, 0.5) is 15.8 Å². The van der Waals surface area contributed by atoms with Crippen LogP contribution in [0.1, 0.15) is 23.7 Å². The number of fused-ring (bicyclic) bond motifs is 1. The molecule has 3 atom stereocenters. The molecular formula is C22H19FN2O3. The lowest BCUT2D eigenvalue weighted by Gasteiger charge is -2.22. The fourth-order valence-corrected chi connectivity index (χ4v) is 3.92. The highest BCUT2D eigenvalue weighted by Crippen LogP contribution is 2.40. The molecule has 28 heavy (non-hydrogen) atoms. The van der Waals surface area contributed by atoms with Crippen molar-refractivity contribution < 1.29 is 18.8 Å². The molecule has 1 aliphatic carbocycles. The number of rotatable bonds is 3. The molecule has 0 aromatic heterocycles. The highest BCUT2D eigenvalue weighted by atomic mass is 19.1. The molecule has 0 radical (unpaired) electrons. The molecule has 3 amide bonds. The molecule has 1 saturated heterocycles. The molecule has 6 heteroatoms. The molecule has 2 aromatic carbocycles. The monoisotopic (exact) mass is 378 g/mol. The number of hydrogen-bond acceptors (Lipinski definition) is 3. The predicted molar refractivity (Wildman–Crippen MR) is 103 cm³/mol. The summed E-state index contributed by atoms with van der Waals surface area (Å²) in [7, 11) is 0. The van der Waals surface area contributed by atoms with E-state index in [1.54, 1.807) is 18.2 Å². The number of carbonyl (C=O) groups excluding carboxylic acids is 3. The van der Waals surface area contributed by atoms with Gasteiger partial charge in [-0.25, -0.2) is 4.39 Å². The summed E-state index contributed by atoms with van der Waals surface area (Å²) in [5.41, 5.74) is 1.16. The Balaban J connectivity index is 1.58. The number of nitrogens with one attached hydrogen (secondary N) is 1. The Hall–Kier alpha value is -3.28. The number of benzene rings is 2. The first-order chi connectivity index (χ1) is 13.5. The number of halogens is 1. The summed E-state index contributed by atoms with van der Waals surface area (Å²) in [5, 5.41) is 2.68. The van der Waals surface area contributed by atoms with Crippen molar-refractivity contribution in [3.05, 3.63) is 72.1 Å². The Labute approximate surface area is 161 Å². The first-order valence-electron chi connectivity index (χ1n) is 9.17. The van der Waals surface area contributed by atoms with Crippen LogP contribution < -0.4 is 10.2 Å². The van der Waals surface area contributed by atoms with Crippen LogP contribution in [-0.4, -0.2) is 17.7 Å². The lowest BCUT2D eigenvalue weighted by atomic mass is 9.78. The van der Waals surface area contributed by atoms with Crippen molar-refractivity contribution in [2.24, 2.45) is 17.8 Å². The molecule has 2 aliphatic rings. The smallest absolute Gasteiger partial charge is 0.255 e. The van der Waals surface area contributed by atoms with Crippen LogP contribution in [0.2, 0.25) is 0 Å². The first-order valence-corrected chi connectivity index (χ1v) is 9.17. The van der Waals surface area contributed by atoms with Crippen LogP contribution in [0.5, 0.6) is 0 Å². The highest BCUT2D eigenvalue weighted by Gasteiger charge is 2.50. The summed E-state index contributed by atoms with van der Waals surface area (Å²) in [6, 6.07) is 11.9. The molecule has 5 nitrogen and oxygen atoms in total. The normalized spacial score (nSPS) is 23.6. The summed E-state index contributed by atoms with van der Waals surface area (Å²) < 4.78 is 13.0. The van der Waals surface area contributed by atoms with Crippen molar-refractivity contribution in [1.29, 1.82) is 0 Å². The van der Waals surface area contributed by atoms with Crippen molar-refractivity contribution >= 4 is 29.1 Å². The quantitative estimate of drug-likeness (QED) is 0.653. The largest absolute Gasteiger partial charge is 0.322 e. The zero-order chi connectivity index (χ0) is 19.8. The van der Waals surface area contributed by atoms with E-state index in [1.807, 2.05) is 19.1 Å². The minimum Gasteiger partial charge on any atom is -0.322 e. The molecule has 0 bridgehead atoms. The molecule has 0 unspecified atom stereocenters. The maximum absolute atomic E-state index is 13.0. The maximum atomic E-state index is 13.0. The van der Waals surface area contributed by atoms with Gasteiger partial charge < -0.3 is 5.32 Å². The average Bonchev–Trinajstić information content (AvgIpc) is 2.95. The first kappa shape index (κ1) is 18.1. The third kappa shape index (κ3) is 3.11. The lowest BCUT2D eigenvalue weighted by molar-refractivity contribution is -0.122. The van der Waals surface area contributed by atoms with E-state index in [-0.39, 0.29) is 29.6 Å². The van der Waals surface area contributed by atoms with Crippen LogP contribution in [0.25, 0.3) is 0 Å². The van der Waals surface area contributed by atoms with E-state index in [9.17, 15) is 18.8 Å². The molecule has 1 heterocycles. The third-order valence-electron chi connectivity index (χ3n) is 5.34. The van der Waals surface area contributed by atoms with Crippen molar-refractivity contribution in [2.45, 2.75) is 13.3 Å². The van der Waals surface area contributed by atoms with E-state index in [4.69, 9.17) is 0 Å². The van der Waals surface area contributed by atoms with Gasteiger partial charge in [-0.1, -0.05) is 25.1 Å². The van der Waals surface area contributed by atoms with Crippen LogP contribution in [0, 0.1) is 23.6 Å². The summed E-state index contributed by atoms with van der Waals surface area (Å²) in [6.45, 7) is 1.94. The van der Waals surface area contributed by atoms with Gasteiger partial charge in [-0.3, -0.25) is 19.3 Å². The van der Waals surface area contributed by atoms with E-state index in [0.717, 1.165) is 0 Å². The molecule has 1 fully saturated rings. The van der Waals surface area contributed by atoms with Crippen LogP contribution in [0.3, 0.4) is 0 Å². The molecule has 142 valence electrons. The van der Waals surface area contributed by atoms with Gasteiger partial charge >= 0.3 is 0 Å². The second-order valence-electron chi connectivity index (χ2n) is 7.18. The van der Waals surface area contributed by atoms with Gasteiger partial charge in [-0.15, -0.1) is 0 Å². The van der Waals surface area contributed by atoms with E-state index >= 15 is 0 Å². The number of anilines is 2. The Bertz CT molecular complexity index is 984. The Kier molecular flexibility index (Phi) is 4.55. The Morgan fingerprint density at radius 3 is 2.57 bits per heavy atom. The summed E-state index contributed by atoms with van der Waals surface area (Å²) in [5.74, 6) is -1.93. The SMILES string of the molecule is C[C@@H]1C=CC[C@@H]2C(=O)N(c3cccc(C(=O)Nc4ccc(F)cc4)c3)C(=O)[C@H]12. The number of hydrogen-bond donors (Lipinski definition) is 1. The van der Waals surface area contributed by atoms with Crippen LogP contribution in [-0.2, 0) is 9.59 Å². The molecule has 0 spiro atoms. The van der Waals surface area contributed by atoms with Crippen molar-refractivity contribution in [2.75, 3.05) is 10.2 Å². The zero-order valence-corrected chi connectivity index (χ0v) is 15.3. The standard InChI is InChI=1S/C22H19FN2O3/c1-13-4-2-7-18-19(13)22(28)25(21(18)27)17-6-3-5-14(12-17)20(26)24-16-10-8-15(23)9-11-16/h2-6,8-13,18-19H,7H2,1H3,(H,24,26)/t13-,18+,19-/m1/s1. The number of nitrogens with zero attached hydrogens (tertiary/aromatic N) is 1. The Morgan fingerprint density at radius 1 is 1.11 bits per heavy atom.